The molecule has 100 valence electrons. The van der Waals surface area contributed by atoms with Crippen molar-refractivity contribution in [3.8, 4) is 0 Å². The lowest BCUT2D eigenvalue weighted by atomic mass is 9.88. The molecule has 0 aromatic carbocycles. The highest BCUT2D eigenvalue weighted by Crippen LogP contribution is 2.37. The number of aliphatic hydroxyl groups is 1. The maximum Gasteiger partial charge on any atom is 0.0771 e. The van der Waals surface area contributed by atoms with Crippen LogP contribution in [0.4, 0.5) is 0 Å². The van der Waals surface area contributed by atoms with E-state index in [9.17, 15) is 5.11 Å². The van der Waals surface area contributed by atoms with E-state index in [1.54, 1.807) is 0 Å². The Morgan fingerprint density at radius 3 is 1.94 bits per heavy atom. The summed E-state index contributed by atoms with van der Waals surface area (Å²) in [5.74, 6) is 0. The van der Waals surface area contributed by atoms with Crippen LogP contribution in [-0.4, -0.2) is 23.8 Å². The molecular weight excluding hydrogens is 210 g/mol. The number of rotatable bonds is 4. The van der Waals surface area contributed by atoms with E-state index < -0.39 is 5.60 Å². The number of hydrogen-bond acceptors (Lipinski definition) is 2. The Morgan fingerprint density at radius 2 is 1.35 bits per heavy atom. The summed E-state index contributed by atoms with van der Waals surface area (Å²) in [4.78, 5) is 0. The smallest absolute Gasteiger partial charge is 0.0771 e. The van der Waals surface area contributed by atoms with Crippen molar-refractivity contribution in [2.45, 2.75) is 76.7 Å². The Bertz CT molecular complexity index is 225. The Kier molecular flexibility index (Phi) is 4.48. The molecule has 0 aliphatic heterocycles. The second-order valence-corrected chi connectivity index (χ2v) is 6.76. The zero-order chi connectivity index (χ0) is 12.2. The van der Waals surface area contributed by atoms with Gasteiger partial charge in [0, 0.05) is 13.1 Å². The van der Waals surface area contributed by atoms with Crippen LogP contribution in [0.25, 0.3) is 0 Å². The van der Waals surface area contributed by atoms with Gasteiger partial charge < -0.3 is 10.4 Å². The van der Waals surface area contributed by atoms with Crippen molar-refractivity contribution >= 4 is 0 Å². The highest BCUT2D eigenvalue weighted by molar-refractivity contribution is 4.87. The fourth-order valence-electron chi connectivity index (χ4n) is 3.57. The van der Waals surface area contributed by atoms with Gasteiger partial charge in [0.2, 0.25) is 0 Å². The standard InChI is InChI=1S/C15H29NO/c1-14(8-6-7-9-14)12-16-13-15(17)10-4-2-3-5-11-15/h16-17H,2-13H2,1H3. The van der Waals surface area contributed by atoms with Crippen LogP contribution in [-0.2, 0) is 0 Å². The van der Waals surface area contributed by atoms with Crippen molar-refractivity contribution in [1.29, 1.82) is 0 Å². The molecule has 2 heteroatoms. The lowest BCUT2D eigenvalue weighted by molar-refractivity contribution is 0.0231. The maximum absolute atomic E-state index is 10.5. The van der Waals surface area contributed by atoms with Crippen LogP contribution in [0.15, 0.2) is 0 Å². The van der Waals surface area contributed by atoms with Crippen LogP contribution in [0.3, 0.4) is 0 Å². The zero-order valence-electron chi connectivity index (χ0n) is 11.4. The first-order chi connectivity index (χ1) is 8.12. The van der Waals surface area contributed by atoms with Crippen molar-refractivity contribution in [2.24, 2.45) is 5.41 Å². The Morgan fingerprint density at radius 1 is 0.824 bits per heavy atom. The van der Waals surface area contributed by atoms with Gasteiger partial charge in [-0.3, -0.25) is 0 Å². The normalized spacial score (nSPS) is 27.9. The average Bonchev–Trinajstić information content (AvgIpc) is 2.59. The second-order valence-electron chi connectivity index (χ2n) is 6.76. The zero-order valence-corrected chi connectivity index (χ0v) is 11.4. The molecule has 0 unspecified atom stereocenters. The SMILES string of the molecule is CC1(CNCC2(O)CCCCCC2)CCCC1. The van der Waals surface area contributed by atoms with Crippen molar-refractivity contribution < 1.29 is 5.11 Å². The fraction of sp³-hybridized carbons (Fsp3) is 1.00. The molecule has 2 aliphatic carbocycles. The van der Waals surface area contributed by atoms with Gasteiger partial charge in [-0.15, -0.1) is 0 Å². The number of hydrogen-bond donors (Lipinski definition) is 2. The molecule has 2 nitrogen and oxygen atoms in total. The molecule has 2 fully saturated rings. The van der Waals surface area contributed by atoms with Gasteiger partial charge in [-0.2, -0.15) is 0 Å². The molecule has 0 atom stereocenters. The summed E-state index contributed by atoms with van der Waals surface area (Å²) in [6, 6.07) is 0. The molecule has 0 heterocycles. The summed E-state index contributed by atoms with van der Waals surface area (Å²) in [7, 11) is 0. The van der Waals surface area contributed by atoms with E-state index in [2.05, 4.69) is 12.2 Å². The van der Waals surface area contributed by atoms with E-state index in [4.69, 9.17) is 0 Å². The first kappa shape index (κ1) is 13.4. The molecule has 0 aromatic rings. The van der Waals surface area contributed by atoms with Crippen LogP contribution < -0.4 is 5.32 Å². The van der Waals surface area contributed by atoms with Crippen molar-refractivity contribution in [3.05, 3.63) is 0 Å². The summed E-state index contributed by atoms with van der Waals surface area (Å²) >= 11 is 0. The molecule has 0 spiro atoms. The van der Waals surface area contributed by atoms with Crippen molar-refractivity contribution in [3.63, 3.8) is 0 Å². The predicted octanol–water partition coefficient (Wildman–Crippen LogP) is 3.24. The van der Waals surface area contributed by atoms with Gasteiger partial charge in [0.1, 0.15) is 0 Å². The molecule has 0 amide bonds. The van der Waals surface area contributed by atoms with Gasteiger partial charge in [-0.25, -0.2) is 0 Å². The molecule has 0 aromatic heterocycles. The summed E-state index contributed by atoms with van der Waals surface area (Å²) in [6.45, 7) is 4.29. The van der Waals surface area contributed by atoms with Crippen molar-refractivity contribution in [2.75, 3.05) is 13.1 Å². The molecule has 2 N–H and O–H groups in total. The Balaban J connectivity index is 1.72. The molecule has 2 aliphatic rings. The minimum atomic E-state index is -0.411. The minimum absolute atomic E-state index is 0.411. The van der Waals surface area contributed by atoms with Crippen LogP contribution in [0, 0.1) is 5.41 Å². The van der Waals surface area contributed by atoms with E-state index in [1.807, 2.05) is 0 Å². The second kappa shape index (κ2) is 5.71. The van der Waals surface area contributed by atoms with E-state index in [0.29, 0.717) is 5.41 Å². The third kappa shape index (κ3) is 3.96. The molecule has 0 radical (unpaired) electrons. The molecule has 2 saturated carbocycles. The van der Waals surface area contributed by atoms with Crippen LogP contribution >= 0.6 is 0 Å². The predicted molar refractivity (Wildman–Crippen MR) is 72.1 cm³/mol. The van der Waals surface area contributed by atoms with Gasteiger partial charge in [0.05, 0.1) is 5.60 Å². The summed E-state index contributed by atoms with van der Waals surface area (Å²) in [5.41, 5.74) is 0.0898. The summed E-state index contributed by atoms with van der Waals surface area (Å²) in [5, 5.41) is 14.1. The first-order valence-electron chi connectivity index (χ1n) is 7.55. The van der Waals surface area contributed by atoms with Gasteiger partial charge in [-0.1, -0.05) is 45.4 Å². The van der Waals surface area contributed by atoms with Crippen LogP contribution in [0.1, 0.15) is 71.1 Å². The monoisotopic (exact) mass is 239 g/mol. The molecule has 0 bridgehead atoms. The minimum Gasteiger partial charge on any atom is -0.389 e. The highest BCUT2D eigenvalue weighted by atomic mass is 16.3. The third-order valence-electron chi connectivity index (χ3n) is 4.85. The van der Waals surface area contributed by atoms with Crippen LogP contribution in [0.2, 0.25) is 0 Å². The van der Waals surface area contributed by atoms with Gasteiger partial charge in [-0.05, 0) is 31.1 Å². The Labute approximate surface area is 106 Å². The molecule has 17 heavy (non-hydrogen) atoms. The topological polar surface area (TPSA) is 32.3 Å². The first-order valence-corrected chi connectivity index (χ1v) is 7.55. The van der Waals surface area contributed by atoms with E-state index in [1.165, 1.54) is 51.4 Å². The van der Waals surface area contributed by atoms with Gasteiger partial charge >= 0.3 is 0 Å². The molecule has 0 saturated heterocycles. The van der Waals surface area contributed by atoms with Crippen LogP contribution in [0.5, 0.6) is 0 Å². The van der Waals surface area contributed by atoms with Gasteiger partial charge in [0.15, 0.2) is 0 Å². The van der Waals surface area contributed by atoms with E-state index in [-0.39, 0.29) is 0 Å². The lowest BCUT2D eigenvalue weighted by Gasteiger charge is -2.30. The fourth-order valence-corrected chi connectivity index (χ4v) is 3.57. The summed E-state index contributed by atoms with van der Waals surface area (Å²) < 4.78 is 0. The molecular formula is C15H29NO. The van der Waals surface area contributed by atoms with Crippen molar-refractivity contribution in [1.82, 2.24) is 5.32 Å². The molecule has 2 rings (SSSR count). The largest absolute Gasteiger partial charge is 0.389 e. The lowest BCUT2D eigenvalue weighted by Crippen LogP contribution is -2.43. The third-order valence-corrected chi connectivity index (χ3v) is 4.85. The van der Waals surface area contributed by atoms with E-state index in [0.717, 1.165) is 25.9 Å². The van der Waals surface area contributed by atoms with Gasteiger partial charge in [0.25, 0.3) is 0 Å². The highest BCUT2D eigenvalue weighted by Gasteiger charge is 2.31. The maximum atomic E-state index is 10.5. The number of nitrogens with one attached hydrogen (secondary N) is 1. The quantitative estimate of drug-likeness (QED) is 0.738. The summed E-state index contributed by atoms with van der Waals surface area (Å²) in [6.07, 6.45) is 12.5. The average molecular weight is 239 g/mol. The van der Waals surface area contributed by atoms with E-state index >= 15 is 0 Å². The Hall–Kier alpha value is -0.0800.